The lowest BCUT2D eigenvalue weighted by molar-refractivity contribution is -0.143. The van der Waals surface area contributed by atoms with Gasteiger partial charge >= 0.3 is 5.97 Å². The molecule has 2 aliphatic rings. The third kappa shape index (κ3) is 8.71. The summed E-state index contributed by atoms with van der Waals surface area (Å²) in [6.45, 7) is 6.47. The number of esters is 1. The molecule has 0 unspecified atom stereocenters. The van der Waals surface area contributed by atoms with Crippen LogP contribution in [0.2, 0.25) is 0 Å². The summed E-state index contributed by atoms with van der Waals surface area (Å²) in [6.07, 6.45) is 7.65. The first-order valence-electron chi connectivity index (χ1n) is 13.1. The molecule has 3 rings (SSSR count). The van der Waals surface area contributed by atoms with Gasteiger partial charge in [0.25, 0.3) is 11.8 Å². The van der Waals surface area contributed by atoms with E-state index in [4.69, 9.17) is 26.4 Å². The zero-order valence-corrected chi connectivity index (χ0v) is 25.2. The van der Waals surface area contributed by atoms with Crippen molar-refractivity contribution < 1.29 is 28.6 Å². The molecule has 0 saturated carbocycles. The highest BCUT2D eigenvalue weighted by molar-refractivity contribution is 9.10. The average molecular weight is 628 g/mol. The van der Waals surface area contributed by atoms with Gasteiger partial charge in [-0.3, -0.25) is 19.3 Å². The smallest absolute Gasteiger partial charge is 0.305 e. The number of ether oxygens (including phenoxy) is 3. The summed E-state index contributed by atoms with van der Waals surface area (Å²) >= 11 is 10.3. The largest absolute Gasteiger partial charge is 0.490 e. The van der Waals surface area contributed by atoms with Crippen molar-refractivity contribution >= 4 is 68.1 Å². The Morgan fingerprint density at radius 2 is 1.84 bits per heavy atom. The van der Waals surface area contributed by atoms with Crippen molar-refractivity contribution in [1.29, 1.82) is 0 Å². The molecule has 208 valence electrons. The molecule has 2 aliphatic heterocycles. The highest BCUT2D eigenvalue weighted by Crippen LogP contribution is 2.39. The lowest BCUT2D eigenvalue weighted by Crippen LogP contribution is -2.38. The Labute approximate surface area is 242 Å². The van der Waals surface area contributed by atoms with E-state index in [-0.39, 0.29) is 24.4 Å². The minimum atomic E-state index is -0.191. The normalized spacial score (nSPS) is 16.8. The number of hydrogen-bond acceptors (Lipinski definition) is 8. The summed E-state index contributed by atoms with van der Waals surface area (Å²) < 4.78 is 17.8. The Morgan fingerprint density at radius 1 is 1.08 bits per heavy atom. The maximum absolute atomic E-state index is 13.0. The molecular weight excluding hydrogens is 592 g/mol. The molecule has 0 radical (unpaired) electrons. The van der Waals surface area contributed by atoms with Gasteiger partial charge < -0.3 is 19.1 Å². The highest BCUT2D eigenvalue weighted by Gasteiger charge is 2.31. The topological polar surface area (TPSA) is 85.4 Å². The SMILES string of the molecule is CCOC(=O)CCCCCN1C(=O)/C(=C\c2cc(Br)c(OCC(=O)N3CCCCC3)c(OCC)c2)SC1=S. The lowest BCUT2D eigenvalue weighted by atomic mass is 10.1. The summed E-state index contributed by atoms with van der Waals surface area (Å²) in [6, 6.07) is 3.64. The van der Waals surface area contributed by atoms with Gasteiger partial charge in [0, 0.05) is 26.1 Å². The molecule has 2 saturated heterocycles. The molecule has 0 aromatic heterocycles. The van der Waals surface area contributed by atoms with Gasteiger partial charge in [-0.25, -0.2) is 0 Å². The van der Waals surface area contributed by atoms with Crippen molar-refractivity contribution in [2.45, 2.75) is 58.8 Å². The van der Waals surface area contributed by atoms with E-state index in [2.05, 4.69) is 15.9 Å². The van der Waals surface area contributed by atoms with Crippen molar-refractivity contribution in [3.05, 3.63) is 27.1 Å². The first-order chi connectivity index (χ1) is 18.3. The van der Waals surface area contributed by atoms with Crippen molar-refractivity contribution in [2.24, 2.45) is 0 Å². The predicted octanol–water partition coefficient (Wildman–Crippen LogP) is 5.56. The fourth-order valence-electron chi connectivity index (χ4n) is 4.24. The molecule has 1 aromatic rings. The quantitative estimate of drug-likeness (QED) is 0.122. The number of carbonyl (C=O) groups excluding carboxylic acids is 3. The molecule has 8 nitrogen and oxygen atoms in total. The van der Waals surface area contributed by atoms with E-state index in [0.717, 1.165) is 57.2 Å². The number of unbranched alkanes of at least 4 members (excludes halogenated alkanes) is 2. The minimum absolute atomic E-state index is 0.0345. The minimum Gasteiger partial charge on any atom is -0.490 e. The van der Waals surface area contributed by atoms with E-state index in [9.17, 15) is 14.4 Å². The average Bonchev–Trinajstić information content (AvgIpc) is 3.16. The maximum Gasteiger partial charge on any atom is 0.305 e. The standard InChI is InChI=1S/C27H35BrN2O6S2/c1-3-34-21-16-19(15-20(28)25(21)36-18-23(31)29-12-8-6-9-13-29)17-22-26(33)30(27(37)38-22)14-10-5-7-11-24(32)35-4-2/h15-17H,3-14,18H2,1-2H3/b22-17+. The molecule has 2 fully saturated rings. The number of benzene rings is 1. The van der Waals surface area contributed by atoms with E-state index < -0.39 is 0 Å². The van der Waals surface area contributed by atoms with Crippen LogP contribution in [-0.4, -0.2) is 71.4 Å². The van der Waals surface area contributed by atoms with Gasteiger partial charge in [-0.1, -0.05) is 30.4 Å². The van der Waals surface area contributed by atoms with Crippen LogP contribution in [0.15, 0.2) is 21.5 Å². The number of nitrogens with zero attached hydrogens (tertiary/aromatic N) is 2. The van der Waals surface area contributed by atoms with Gasteiger partial charge in [0.05, 0.1) is 22.6 Å². The monoisotopic (exact) mass is 626 g/mol. The predicted molar refractivity (Wildman–Crippen MR) is 156 cm³/mol. The van der Waals surface area contributed by atoms with Crippen LogP contribution in [0.25, 0.3) is 6.08 Å². The molecule has 0 bridgehead atoms. The number of rotatable bonds is 13. The van der Waals surface area contributed by atoms with Gasteiger partial charge in [-0.15, -0.1) is 0 Å². The Kier molecular flexibility index (Phi) is 12.4. The lowest BCUT2D eigenvalue weighted by Gasteiger charge is -2.26. The van der Waals surface area contributed by atoms with Crippen molar-refractivity contribution in [2.75, 3.05) is 39.5 Å². The first kappa shape index (κ1) is 30.4. The van der Waals surface area contributed by atoms with E-state index in [1.807, 2.05) is 17.9 Å². The van der Waals surface area contributed by atoms with Crippen LogP contribution in [0.4, 0.5) is 0 Å². The third-order valence-electron chi connectivity index (χ3n) is 6.12. The van der Waals surface area contributed by atoms with E-state index in [0.29, 0.717) is 51.4 Å². The first-order valence-corrected chi connectivity index (χ1v) is 15.1. The summed E-state index contributed by atoms with van der Waals surface area (Å²) in [7, 11) is 0. The molecule has 0 atom stereocenters. The number of halogens is 1. The molecule has 0 N–H and O–H groups in total. The van der Waals surface area contributed by atoms with E-state index in [1.54, 1.807) is 24.0 Å². The number of thioether (sulfide) groups is 1. The van der Waals surface area contributed by atoms with Crippen LogP contribution in [0.3, 0.4) is 0 Å². The third-order valence-corrected chi connectivity index (χ3v) is 8.09. The van der Waals surface area contributed by atoms with Crippen LogP contribution in [0.1, 0.15) is 64.4 Å². The van der Waals surface area contributed by atoms with Gasteiger partial charge in [-0.2, -0.15) is 0 Å². The number of piperidine rings is 1. The van der Waals surface area contributed by atoms with Crippen LogP contribution >= 0.6 is 39.9 Å². The van der Waals surface area contributed by atoms with Crippen molar-refractivity contribution in [3.8, 4) is 11.5 Å². The molecule has 1 aromatic carbocycles. The number of thiocarbonyl (C=S) groups is 1. The van der Waals surface area contributed by atoms with E-state index in [1.165, 1.54) is 11.8 Å². The summed E-state index contributed by atoms with van der Waals surface area (Å²) in [4.78, 5) is 41.1. The molecule has 0 aliphatic carbocycles. The van der Waals surface area contributed by atoms with Crippen LogP contribution in [0, 0.1) is 0 Å². The molecule has 2 amide bonds. The fraction of sp³-hybridized carbons (Fsp3) is 0.556. The Hall–Kier alpha value is -2.11. The van der Waals surface area contributed by atoms with Gasteiger partial charge in [0.15, 0.2) is 18.1 Å². The Bertz CT molecular complexity index is 1060. The van der Waals surface area contributed by atoms with Gasteiger partial charge in [0.2, 0.25) is 0 Å². The molecule has 11 heteroatoms. The number of carbonyl (C=O) groups is 3. The second kappa shape index (κ2) is 15.5. The van der Waals surface area contributed by atoms with Crippen molar-refractivity contribution in [1.82, 2.24) is 9.80 Å². The second-order valence-electron chi connectivity index (χ2n) is 8.94. The molecule has 0 spiro atoms. The summed E-state index contributed by atoms with van der Waals surface area (Å²) in [5, 5.41) is 0. The van der Waals surface area contributed by atoms with Crippen LogP contribution in [0.5, 0.6) is 11.5 Å². The van der Waals surface area contributed by atoms with E-state index >= 15 is 0 Å². The summed E-state index contributed by atoms with van der Waals surface area (Å²) in [5.41, 5.74) is 0.755. The number of amides is 2. The zero-order valence-electron chi connectivity index (χ0n) is 22.0. The Morgan fingerprint density at radius 3 is 2.55 bits per heavy atom. The second-order valence-corrected chi connectivity index (χ2v) is 11.5. The zero-order chi connectivity index (χ0) is 27.5. The summed E-state index contributed by atoms with van der Waals surface area (Å²) in [5.74, 6) is 0.602. The van der Waals surface area contributed by atoms with Gasteiger partial charge in [0.1, 0.15) is 4.32 Å². The fourth-order valence-corrected chi connectivity index (χ4v) is 6.12. The van der Waals surface area contributed by atoms with Crippen LogP contribution < -0.4 is 9.47 Å². The number of hydrogen-bond donors (Lipinski definition) is 0. The Balaban J connectivity index is 1.62. The van der Waals surface area contributed by atoms with Gasteiger partial charge in [-0.05, 0) is 85.7 Å². The maximum atomic E-state index is 13.0. The van der Waals surface area contributed by atoms with Crippen molar-refractivity contribution in [3.63, 3.8) is 0 Å². The molecule has 2 heterocycles. The molecule has 38 heavy (non-hydrogen) atoms. The molecular formula is C27H35BrN2O6S2. The van der Waals surface area contributed by atoms with Crippen LogP contribution in [-0.2, 0) is 19.1 Å². The highest BCUT2D eigenvalue weighted by atomic mass is 79.9. The number of likely N-dealkylation sites (tertiary alicyclic amines) is 1.